The first-order chi connectivity index (χ1) is 6.74. The van der Waals surface area contributed by atoms with E-state index in [9.17, 15) is 5.11 Å². The summed E-state index contributed by atoms with van der Waals surface area (Å²) in [5, 5.41) is 9.32. The van der Waals surface area contributed by atoms with Gasteiger partial charge in [0.2, 0.25) is 0 Å². The number of ether oxygens (including phenoxy) is 2. The van der Waals surface area contributed by atoms with Crippen molar-refractivity contribution in [3.63, 3.8) is 0 Å². The Morgan fingerprint density at radius 1 is 1.57 bits per heavy atom. The highest BCUT2D eigenvalue weighted by molar-refractivity contribution is 9.10. The molecule has 78 valence electrons. The number of pyridine rings is 1. The number of rotatable bonds is 5. The lowest BCUT2D eigenvalue weighted by Crippen LogP contribution is -2.22. The van der Waals surface area contributed by atoms with Crippen molar-refractivity contribution in [3.8, 4) is 5.75 Å². The monoisotopic (exact) mass is 261 g/mol. The summed E-state index contributed by atoms with van der Waals surface area (Å²) in [6, 6.07) is 3.54. The van der Waals surface area contributed by atoms with Gasteiger partial charge in [0.05, 0.1) is 6.61 Å². The molecule has 0 bridgehead atoms. The Labute approximate surface area is 91.0 Å². The third-order valence-electron chi connectivity index (χ3n) is 1.52. The minimum atomic E-state index is -0.618. The average Bonchev–Trinajstić information content (AvgIpc) is 2.17. The van der Waals surface area contributed by atoms with Gasteiger partial charge in [-0.1, -0.05) is 0 Å². The van der Waals surface area contributed by atoms with Crippen molar-refractivity contribution in [2.24, 2.45) is 0 Å². The van der Waals surface area contributed by atoms with E-state index >= 15 is 0 Å². The van der Waals surface area contributed by atoms with Crippen LogP contribution in [0.3, 0.4) is 0 Å². The molecule has 1 N–H and O–H groups in total. The number of methoxy groups -OCH3 is 1. The molecule has 0 aliphatic carbocycles. The summed E-state index contributed by atoms with van der Waals surface area (Å²) in [5.74, 6) is 0.614. The SMILES string of the molecule is COCC(O)COc1cccnc1Br. The summed E-state index contributed by atoms with van der Waals surface area (Å²) in [7, 11) is 1.53. The highest BCUT2D eigenvalue weighted by Gasteiger charge is 2.06. The van der Waals surface area contributed by atoms with Crippen LogP contribution in [0.25, 0.3) is 0 Å². The standard InChI is InChI=1S/C9H12BrNO3/c1-13-5-7(12)6-14-8-3-2-4-11-9(8)10/h2-4,7,12H,5-6H2,1H3. The van der Waals surface area contributed by atoms with Gasteiger partial charge in [0.15, 0.2) is 5.75 Å². The van der Waals surface area contributed by atoms with Crippen LogP contribution in [-0.2, 0) is 4.74 Å². The molecule has 0 aliphatic heterocycles. The fourth-order valence-electron chi connectivity index (χ4n) is 0.905. The summed E-state index contributed by atoms with van der Waals surface area (Å²) in [6.07, 6.45) is 1.04. The fraction of sp³-hybridized carbons (Fsp3) is 0.444. The van der Waals surface area contributed by atoms with Crippen LogP contribution in [0.15, 0.2) is 22.9 Å². The summed E-state index contributed by atoms with van der Waals surface area (Å²) in [6.45, 7) is 0.454. The van der Waals surface area contributed by atoms with Crippen molar-refractivity contribution in [1.82, 2.24) is 4.98 Å². The van der Waals surface area contributed by atoms with Crippen molar-refractivity contribution < 1.29 is 14.6 Å². The Morgan fingerprint density at radius 3 is 3.00 bits per heavy atom. The molecule has 0 aliphatic rings. The summed E-state index contributed by atoms with van der Waals surface area (Å²) in [5.41, 5.74) is 0. The maximum absolute atomic E-state index is 9.32. The van der Waals surface area contributed by atoms with Crippen LogP contribution >= 0.6 is 15.9 Å². The van der Waals surface area contributed by atoms with Crippen LogP contribution in [0, 0.1) is 0 Å². The van der Waals surface area contributed by atoms with Crippen molar-refractivity contribution >= 4 is 15.9 Å². The van der Waals surface area contributed by atoms with Gasteiger partial charge in [0.1, 0.15) is 17.3 Å². The molecule has 14 heavy (non-hydrogen) atoms. The molecule has 0 spiro atoms. The molecule has 0 saturated heterocycles. The molecule has 1 unspecified atom stereocenters. The lowest BCUT2D eigenvalue weighted by atomic mass is 10.4. The summed E-state index contributed by atoms with van der Waals surface area (Å²) in [4.78, 5) is 3.98. The molecule has 0 fully saturated rings. The number of aromatic nitrogens is 1. The second-order valence-corrected chi connectivity index (χ2v) is 3.46. The minimum absolute atomic E-state index is 0.193. The second kappa shape index (κ2) is 5.95. The molecule has 1 rings (SSSR count). The molecule has 1 heterocycles. The highest BCUT2D eigenvalue weighted by Crippen LogP contribution is 2.20. The third-order valence-corrected chi connectivity index (χ3v) is 2.11. The number of nitrogens with zero attached hydrogens (tertiary/aromatic N) is 1. The van der Waals surface area contributed by atoms with E-state index in [2.05, 4.69) is 20.9 Å². The Morgan fingerprint density at radius 2 is 2.36 bits per heavy atom. The highest BCUT2D eigenvalue weighted by atomic mass is 79.9. The zero-order valence-electron chi connectivity index (χ0n) is 7.81. The third kappa shape index (κ3) is 3.61. The molecular weight excluding hydrogens is 250 g/mol. The van der Waals surface area contributed by atoms with Crippen LogP contribution in [0.4, 0.5) is 0 Å². The maximum Gasteiger partial charge on any atom is 0.152 e. The van der Waals surface area contributed by atoms with Gasteiger partial charge in [-0.25, -0.2) is 4.98 Å². The molecule has 0 aromatic carbocycles. The molecule has 1 aromatic heterocycles. The van der Waals surface area contributed by atoms with Gasteiger partial charge in [0.25, 0.3) is 0 Å². The van der Waals surface area contributed by atoms with Crippen LogP contribution in [-0.4, -0.2) is 36.5 Å². The van der Waals surface area contributed by atoms with E-state index in [4.69, 9.17) is 9.47 Å². The smallest absolute Gasteiger partial charge is 0.152 e. The predicted octanol–water partition coefficient (Wildman–Crippen LogP) is 1.23. The van der Waals surface area contributed by atoms with Crippen LogP contribution < -0.4 is 4.74 Å². The van der Waals surface area contributed by atoms with E-state index in [1.165, 1.54) is 7.11 Å². The van der Waals surface area contributed by atoms with Crippen LogP contribution in [0.5, 0.6) is 5.75 Å². The van der Waals surface area contributed by atoms with Crippen LogP contribution in [0.2, 0.25) is 0 Å². The van der Waals surface area contributed by atoms with E-state index in [0.717, 1.165) is 0 Å². The van der Waals surface area contributed by atoms with Crippen molar-refractivity contribution in [3.05, 3.63) is 22.9 Å². The van der Waals surface area contributed by atoms with Gasteiger partial charge >= 0.3 is 0 Å². The van der Waals surface area contributed by atoms with E-state index in [0.29, 0.717) is 10.4 Å². The number of hydrogen-bond acceptors (Lipinski definition) is 4. The normalized spacial score (nSPS) is 12.5. The Bertz CT molecular complexity index is 283. The minimum Gasteiger partial charge on any atom is -0.488 e. The van der Waals surface area contributed by atoms with Gasteiger partial charge in [0, 0.05) is 13.3 Å². The number of aliphatic hydroxyl groups excluding tert-OH is 1. The van der Waals surface area contributed by atoms with Gasteiger partial charge < -0.3 is 14.6 Å². The molecule has 0 radical (unpaired) electrons. The average molecular weight is 262 g/mol. The Hall–Kier alpha value is -0.650. The van der Waals surface area contributed by atoms with E-state index in [-0.39, 0.29) is 13.2 Å². The lowest BCUT2D eigenvalue weighted by molar-refractivity contribution is 0.0322. The zero-order valence-corrected chi connectivity index (χ0v) is 9.40. The first-order valence-corrected chi connectivity index (χ1v) is 4.93. The molecule has 1 atom stereocenters. The van der Waals surface area contributed by atoms with Crippen LogP contribution in [0.1, 0.15) is 0 Å². The number of halogens is 1. The Kier molecular flexibility index (Phi) is 4.86. The van der Waals surface area contributed by atoms with Gasteiger partial charge in [-0.15, -0.1) is 0 Å². The van der Waals surface area contributed by atoms with E-state index < -0.39 is 6.10 Å². The largest absolute Gasteiger partial charge is 0.488 e. The topological polar surface area (TPSA) is 51.6 Å². The molecule has 1 aromatic rings. The quantitative estimate of drug-likeness (QED) is 0.811. The molecular formula is C9H12BrNO3. The summed E-state index contributed by atoms with van der Waals surface area (Å²) < 4.78 is 10.7. The summed E-state index contributed by atoms with van der Waals surface area (Å²) >= 11 is 3.24. The first-order valence-electron chi connectivity index (χ1n) is 4.14. The van der Waals surface area contributed by atoms with E-state index in [1.807, 2.05) is 0 Å². The van der Waals surface area contributed by atoms with Crippen molar-refractivity contribution in [1.29, 1.82) is 0 Å². The van der Waals surface area contributed by atoms with Gasteiger partial charge in [-0.3, -0.25) is 0 Å². The molecule has 0 amide bonds. The van der Waals surface area contributed by atoms with Gasteiger partial charge in [-0.2, -0.15) is 0 Å². The van der Waals surface area contributed by atoms with Gasteiger partial charge in [-0.05, 0) is 28.1 Å². The maximum atomic E-state index is 9.32. The van der Waals surface area contributed by atoms with E-state index in [1.54, 1.807) is 18.3 Å². The van der Waals surface area contributed by atoms with Crippen molar-refractivity contribution in [2.75, 3.05) is 20.3 Å². The second-order valence-electron chi connectivity index (χ2n) is 2.71. The fourth-order valence-corrected chi connectivity index (χ4v) is 1.27. The van der Waals surface area contributed by atoms with Crippen molar-refractivity contribution in [2.45, 2.75) is 6.10 Å². The predicted molar refractivity (Wildman–Crippen MR) is 55.3 cm³/mol. The number of hydrogen-bond donors (Lipinski definition) is 1. The lowest BCUT2D eigenvalue weighted by Gasteiger charge is -2.11. The molecule has 0 saturated carbocycles. The first kappa shape index (κ1) is 11.4. The number of aliphatic hydroxyl groups is 1. The zero-order chi connectivity index (χ0) is 10.4. The Balaban J connectivity index is 2.41. The molecule has 5 heteroatoms. The molecule has 4 nitrogen and oxygen atoms in total.